The molecule has 8 heteroatoms. The summed E-state index contributed by atoms with van der Waals surface area (Å²) in [7, 11) is -11.5. The lowest BCUT2D eigenvalue weighted by atomic mass is 10.1. The summed E-state index contributed by atoms with van der Waals surface area (Å²) in [4.78, 5) is 44.9. The van der Waals surface area contributed by atoms with Gasteiger partial charge in [-0.05, 0) is 80.1 Å². The molecule has 0 fully saturated rings. The predicted molar refractivity (Wildman–Crippen MR) is 112 cm³/mol. The second-order valence-electron chi connectivity index (χ2n) is 8.13. The van der Waals surface area contributed by atoms with Crippen molar-refractivity contribution in [1.82, 2.24) is 0 Å². The van der Waals surface area contributed by atoms with Crippen LogP contribution in [0, 0.1) is 0 Å². The third-order valence-electron chi connectivity index (χ3n) is 4.76. The molecule has 0 spiro atoms. The zero-order valence-corrected chi connectivity index (χ0v) is 20.2. The summed E-state index contributed by atoms with van der Waals surface area (Å²) in [5.41, 5.74) is 3.73. The highest BCUT2D eigenvalue weighted by atomic mass is 31.2. The zero-order chi connectivity index (χ0) is 22.9. The molecule has 0 aromatic heterocycles. The van der Waals surface area contributed by atoms with Crippen molar-refractivity contribution in [2.75, 3.05) is 0 Å². The van der Waals surface area contributed by atoms with Crippen LogP contribution in [0.15, 0.2) is 46.6 Å². The second kappa shape index (κ2) is 12.2. The van der Waals surface area contributed by atoms with E-state index in [-0.39, 0.29) is 0 Å². The SMILES string of the molecule is CC(C)=CCC/C(C)=C/CC(C/C=C(\C)CCC=C(C)C)(P(=O)([O-])[O-])P(=O)([O-])[O-]. The molecule has 0 N–H and O–H groups in total. The fourth-order valence-corrected chi connectivity index (χ4v) is 5.20. The van der Waals surface area contributed by atoms with E-state index in [1.807, 2.05) is 39.8 Å². The molecule has 0 atom stereocenters. The molecule has 6 nitrogen and oxygen atoms in total. The first-order chi connectivity index (χ1) is 13.1. The monoisotopic (exact) mass is 444 g/mol. The fourth-order valence-electron chi connectivity index (χ4n) is 2.74. The van der Waals surface area contributed by atoms with Gasteiger partial charge in [0.2, 0.25) is 0 Å². The van der Waals surface area contributed by atoms with Crippen molar-refractivity contribution < 1.29 is 28.7 Å². The van der Waals surface area contributed by atoms with Gasteiger partial charge in [-0.2, -0.15) is 0 Å². The summed E-state index contributed by atoms with van der Waals surface area (Å²) in [6.45, 7) is 11.3. The Kier molecular flexibility index (Phi) is 11.9. The lowest BCUT2D eigenvalue weighted by Gasteiger charge is -2.59. The molecule has 0 saturated carbocycles. The maximum absolute atomic E-state index is 12.0. The van der Waals surface area contributed by atoms with Gasteiger partial charge >= 0.3 is 0 Å². The van der Waals surface area contributed by atoms with E-state index in [1.165, 1.54) is 12.2 Å². The molecule has 0 aliphatic carbocycles. The van der Waals surface area contributed by atoms with E-state index in [1.54, 1.807) is 13.8 Å². The quantitative estimate of drug-likeness (QED) is 0.334. The third kappa shape index (κ3) is 10.2. The minimum atomic E-state index is -5.73. The average molecular weight is 444 g/mol. The van der Waals surface area contributed by atoms with Crippen molar-refractivity contribution in [3.8, 4) is 0 Å². The minimum Gasteiger partial charge on any atom is -0.810 e. The first-order valence-electron chi connectivity index (χ1n) is 9.74. The Morgan fingerprint density at radius 3 is 1.21 bits per heavy atom. The maximum atomic E-state index is 12.0. The number of rotatable bonds is 12. The summed E-state index contributed by atoms with van der Waals surface area (Å²) in [5, 5.41) is 0. The first-order valence-corrected chi connectivity index (χ1v) is 12.8. The van der Waals surface area contributed by atoms with Gasteiger partial charge in [0, 0.05) is 4.90 Å². The highest BCUT2D eigenvalue weighted by molar-refractivity contribution is 7.69. The molecule has 168 valence electrons. The Morgan fingerprint density at radius 1 is 0.655 bits per heavy atom. The summed E-state index contributed by atoms with van der Waals surface area (Å²) in [5.74, 6) is 0. The van der Waals surface area contributed by atoms with Crippen LogP contribution >= 0.6 is 15.2 Å². The number of hydrogen-bond donors (Lipinski definition) is 0. The molecule has 0 radical (unpaired) electrons. The largest absolute Gasteiger partial charge is 0.810 e. The van der Waals surface area contributed by atoms with Crippen molar-refractivity contribution in [1.29, 1.82) is 0 Å². The van der Waals surface area contributed by atoms with Crippen LogP contribution in [0.25, 0.3) is 0 Å². The molecule has 0 aliphatic rings. The van der Waals surface area contributed by atoms with Crippen LogP contribution in [-0.4, -0.2) is 4.90 Å². The molecule has 0 bridgehead atoms. The smallest absolute Gasteiger partial charge is 0.0325 e. The van der Waals surface area contributed by atoms with E-state index in [4.69, 9.17) is 0 Å². The Labute approximate surface area is 175 Å². The van der Waals surface area contributed by atoms with Gasteiger partial charge in [0.15, 0.2) is 0 Å². The van der Waals surface area contributed by atoms with Gasteiger partial charge in [-0.1, -0.05) is 61.8 Å². The molecular weight excluding hydrogens is 410 g/mol. The summed E-state index contributed by atoms with van der Waals surface area (Å²) in [6, 6.07) is 0. The minimum absolute atomic E-state index is 0.586. The second-order valence-corrected chi connectivity index (χ2v) is 12.2. The molecule has 0 aliphatic heterocycles. The number of allylic oxidation sites excluding steroid dienone is 8. The third-order valence-corrected chi connectivity index (χ3v) is 9.00. The van der Waals surface area contributed by atoms with E-state index >= 15 is 0 Å². The first kappa shape index (κ1) is 28.3. The number of hydrogen-bond acceptors (Lipinski definition) is 6. The summed E-state index contributed by atoms with van der Waals surface area (Å²) >= 11 is 0. The molecule has 0 aromatic carbocycles. The molecule has 0 rings (SSSR count). The van der Waals surface area contributed by atoms with Gasteiger partial charge in [0.05, 0.1) is 0 Å². The van der Waals surface area contributed by atoms with Crippen LogP contribution in [0.4, 0.5) is 0 Å². The van der Waals surface area contributed by atoms with Gasteiger partial charge in [0.1, 0.15) is 0 Å². The molecule has 0 aromatic rings. The van der Waals surface area contributed by atoms with Crippen molar-refractivity contribution in [3.05, 3.63) is 46.6 Å². The van der Waals surface area contributed by atoms with Crippen LogP contribution in [0.2, 0.25) is 0 Å². The van der Waals surface area contributed by atoms with E-state index in [0.29, 0.717) is 25.7 Å². The highest BCUT2D eigenvalue weighted by Crippen LogP contribution is 2.65. The van der Waals surface area contributed by atoms with Gasteiger partial charge in [-0.25, -0.2) is 0 Å². The van der Waals surface area contributed by atoms with E-state index in [0.717, 1.165) is 22.3 Å². The Bertz CT molecular complexity index is 677. The topological polar surface area (TPSA) is 126 Å². The van der Waals surface area contributed by atoms with Crippen molar-refractivity contribution >= 4 is 15.2 Å². The van der Waals surface area contributed by atoms with Crippen molar-refractivity contribution in [3.63, 3.8) is 0 Å². The molecule has 0 saturated heterocycles. The summed E-state index contributed by atoms with van der Waals surface area (Å²) < 4.78 is 23.9. The van der Waals surface area contributed by atoms with Crippen molar-refractivity contribution in [2.24, 2.45) is 0 Å². The van der Waals surface area contributed by atoms with Crippen LogP contribution in [0.5, 0.6) is 0 Å². The maximum Gasteiger partial charge on any atom is 0.0325 e. The van der Waals surface area contributed by atoms with Gasteiger partial charge in [0.25, 0.3) is 0 Å². The molecular formula is C21H34O6P2-4. The van der Waals surface area contributed by atoms with Gasteiger partial charge in [-0.3, -0.25) is 0 Å². The Balaban J connectivity index is 5.69. The molecule has 0 amide bonds. The standard InChI is InChI=1S/C21H38O6P2/c1-17(2)9-7-11-19(5)13-15-21(28(22,23)24,29(25,26)27)16-14-20(6)12-8-10-18(3)4/h9-10,13-14H,7-8,11-12,15-16H2,1-6H3,(H2,22,23,24)(H2,25,26,27)/p-4/b19-13+,20-14+. The van der Waals surface area contributed by atoms with Crippen LogP contribution < -0.4 is 19.6 Å². The average Bonchev–Trinajstić information content (AvgIpc) is 2.51. The zero-order valence-electron chi connectivity index (χ0n) is 18.4. The molecule has 0 unspecified atom stereocenters. The van der Waals surface area contributed by atoms with Crippen LogP contribution in [0.1, 0.15) is 80.1 Å². The lowest BCUT2D eigenvalue weighted by Crippen LogP contribution is -2.45. The predicted octanol–water partition coefficient (Wildman–Crippen LogP) is 3.68. The fraction of sp³-hybridized carbons (Fsp3) is 0.619. The van der Waals surface area contributed by atoms with Gasteiger partial charge in [-0.15, -0.1) is 0 Å². The molecule has 0 heterocycles. The normalized spacial score (nSPS) is 14.0. The van der Waals surface area contributed by atoms with Crippen LogP contribution in [-0.2, 0) is 9.13 Å². The Morgan fingerprint density at radius 2 is 0.966 bits per heavy atom. The van der Waals surface area contributed by atoms with Gasteiger partial charge < -0.3 is 28.7 Å². The lowest BCUT2D eigenvalue weighted by molar-refractivity contribution is -0.336. The van der Waals surface area contributed by atoms with Crippen LogP contribution in [0.3, 0.4) is 0 Å². The summed E-state index contributed by atoms with van der Waals surface area (Å²) in [6.07, 6.45) is 8.14. The van der Waals surface area contributed by atoms with Crippen molar-refractivity contribution in [2.45, 2.75) is 85.0 Å². The van der Waals surface area contributed by atoms with E-state index < -0.39 is 32.9 Å². The van der Waals surface area contributed by atoms with E-state index in [2.05, 4.69) is 0 Å². The highest BCUT2D eigenvalue weighted by Gasteiger charge is 2.36. The molecule has 29 heavy (non-hydrogen) atoms. The van der Waals surface area contributed by atoms with E-state index in [9.17, 15) is 28.7 Å². The Hall–Kier alpha value is -0.740.